The van der Waals surface area contributed by atoms with Gasteiger partial charge in [-0.05, 0) is 57.4 Å². The smallest absolute Gasteiger partial charge is 0.262 e. The van der Waals surface area contributed by atoms with Crippen molar-refractivity contribution < 1.29 is 24.3 Å². The molecule has 2 atom stereocenters. The van der Waals surface area contributed by atoms with Crippen molar-refractivity contribution in [1.82, 2.24) is 24.5 Å². The number of hydrogen-bond donors (Lipinski definition) is 3. The monoisotopic (exact) mass is 622 g/mol. The molecule has 244 valence electrons. The van der Waals surface area contributed by atoms with Crippen LogP contribution in [0.3, 0.4) is 0 Å². The number of hydrogen-bond acceptors (Lipinski definition) is 10. The Morgan fingerprint density at radius 1 is 1.07 bits per heavy atom. The summed E-state index contributed by atoms with van der Waals surface area (Å²) < 4.78 is 2.09. The molecule has 1 aromatic carbocycles. The molecule has 0 bridgehead atoms. The van der Waals surface area contributed by atoms with Crippen LogP contribution in [0.25, 0.3) is 0 Å². The SMILES string of the molecule is CN1CCN(c2cnn(C3CCN(C(=O)CCCCCNc4ccc5c(c4)C(=O)N(C(CCC=O)C(N)O)C5=O)CC3)c2)CC1. The number of unbranched alkanes of at least 4 members (excludes halogenated alkanes) is 2. The number of nitrogens with two attached hydrogens (primary N) is 1. The van der Waals surface area contributed by atoms with Crippen molar-refractivity contribution >= 4 is 35.4 Å². The molecule has 4 N–H and O–H groups in total. The van der Waals surface area contributed by atoms with Gasteiger partial charge in [-0.1, -0.05) is 6.42 Å². The first kappa shape index (κ1) is 32.6. The molecule has 3 amide bonds. The molecule has 0 saturated carbocycles. The van der Waals surface area contributed by atoms with Gasteiger partial charge in [-0.2, -0.15) is 5.10 Å². The minimum atomic E-state index is -1.44. The number of carbonyl (C=O) groups is 4. The molecule has 13 nitrogen and oxygen atoms in total. The molecule has 2 saturated heterocycles. The molecule has 3 aliphatic heterocycles. The van der Waals surface area contributed by atoms with Gasteiger partial charge in [0, 0.05) is 70.5 Å². The summed E-state index contributed by atoms with van der Waals surface area (Å²) in [6.45, 7) is 6.35. The summed E-state index contributed by atoms with van der Waals surface area (Å²) in [5.74, 6) is -0.838. The molecule has 5 rings (SSSR count). The molecule has 4 heterocycles. The summed E-state index contributed by atoms with van der Waals surface area (Å²) in [4.78, 5) is 57.2. The quantitative estimate of drug-likeness (QED) is 0.123. The average Bonchev–Trinajstić information content (AvgIpc) is 3.63. The second-order valence-corrected chi connectivity index (χ2v) is 12.4. The van der Waals surface area contributed by atoms with E-state index in [1.807, 2.05) is 11.1 Å². The number of aliphatic hydroxyl groups excluding tert-OH is 1. The molecule has 2 aromatic rings. The fourth-order valence-electron chi connectivity index (χ4n) is 6.47. The molecule has 2 fully saturated rings. The number of aldehydes is 1. The fraction of sp³-hybridized carbons (Fsp3) is 0.594. The van der Waals surface area contributed by atoms with Gasteiger partial charge >= 0.3 is 0 Å². The maximum atomic E-state index is 13.0. The van der Waals surface area contributed by atoms with E-state index in [2.05, 4.69) is 38.1 Å². The first-order valence-electron chi connectivity index (χ1n) is 16.2. The number of benzene rings is 1. The fourth-order valence-corrected chi connectivity index (χ4v) is 6.47. The lowest BCUT2D eigenvalue weighted by Crippen LogP contribution is -2.50. The highest BCUT2D eigenvalue weighted by Crippen LogP contribution is 2.29. The van der Waals surface area contributed by atoms with Crippen molar-refractivity contribution in [1.29, 1.82) is 0 Å². The van der Waals surface area contributed by atoms with Crippen LogP contribution in [0.1, 0.15) is 78.1 Å². The number of fused-ring (bicyclic) bond motifs is 1. The molecule has 45 heavy (non-hydrogen) atoms. The molecule has 13 heteroatoms. The average molecular weight is 623 g/mol. The van der Waals surface area contributed by atoms with Crippen LogP contribution in [0, 0.1) is 0 Å². The molecule has 2 unspecified atom stereocenters. The summed E-state index contributed by atoms with van der Waals surface area (Å²) in [6, 6.07) is 4.34. The maximum absolute atomic E-state index is 13.0. The molecule has 3 aliphatic rings. The number of carbonyl (C=O) groups excluding carboxylic acids is 4. The Morgan fingerprint density at radius 3 is 2.51 bits per heavy atom. The van der Waals surface area contributed by atoms with Gasteiger partial charge in [0.2, 0.25) is 5.91 Å². The van der Waals surface area contributed by atoms with Gasteiger partial charge in [-0.3, -0.25) is 24.0 Å². The van der Waals surface area contributed by atoms with Gasteiger partial charge in [0.15, 0.2) is 0 Å². The van der Waals surface area contributed by atoms with Crippen LogP contribution in [0.15, 0.2) is 30.6 Å². The Hall–Kier alpha value is -3.81. The molecular weight excluding hydrogens is 576 g/mol. The zero-order chi connectivity index (χ0) is 31.9. The van der Waals surface area contributed by atoms with E-state index in [1.54, 1.807) is 18.2 Å². The van der Waals surface area contributed by atoms with Crippen molar-refractivity contribution in [3.05, 3.63) is 41.7 Å². The van der Waals surface area contributed by atoms with E-state index >= 15 is 0 Å². The highest BCUT2D eigenvalue weighted by molar-refractivity contribution is 6.22. The van der Waals surface area contributed by atoms with Crippen molar-refractivity contribution in [2.45, 2.75) is 69.7 Å². The second-order valence-electron chi connectivity index (χ2n) is 12.4. The van der Waals surface area contributed by atoms with E-state index < -0.39 is 24.1 Å². The topological polar surface area (TPSA) is 157 Å². The lowest BCUT2D eigenvalue weighted by molar-refractivity contribution is -0.132. The van der Waals surface area contributed by atoms with Gasteiger partial charge in [0.25, 0.3) is 11.8 Å². The van der Waals surface area contributed by atoms with E-state index in [-0.39, 0.29) is 29.9 Å². The van der Waals surface area contributed by atoms with Gasteiger partial charge < -0.3 is 35.7 Å². The number of piperidine rings is 1. The van der Waals surface area contributed by atoms with Gasteiger partial charge in [0.1, 0.15) is 12.5 Å². The number of anilines is 2. The van der Waals surface area contributed by atoms with Crippen LogP contribution in [0.5, 0.6) is 0 Å². The van der Waals surface area contributed by atoms with Crippen molar-refractivity contribution in [2.75, 3.05) is 63.1 Å². The Labute approximate surface area is 264 Å². The van der Waals surface area contributed by atoms with Gasteiger partial charge in [0.05, 0.1) is 35.1 Å². The largest absolute Gasteiger partial charge is 0.385 e. The third-order valence-electron chi connectivity index (χ3n) is 9.27. The standard InChI is InChI=1S/C32H46N8O5/c1-36-15-17-37(18-16-36)25-21-35-39(22-25)24-10-13-38(14-11-24)29(42)7-3-2-4-12-34-23-8-9-26-27(20-23)32(45)40(31(26)44)28(30(33)43)6-5-19-41/h8-9,19-22,24,28,30,34,43H,2-7,10-18,33H2,1H3. The third-order valence-corrected chi connectivity index (χ3v) is 9.27. The van der Waals surface area contributed by atoms with Crippen LogP contribution < -0.4 is 16.0 Å². The number of likely N-dealkylation sites (tertiary alicyclic amines) is 1. The number of likely N-dealkylation sites (N-methyl/N-ethyl adjacent to an activating group) is 1. The van der Waals surface area contributed by atoms with Crippen molar-refractivity contribution in [3.63, 3.8) is 0 Å². The van der Waals surface area contributed by atoms with E-state index in [9.17, 15) is 24.3 Å². The van der Waals surface area contributed by atoms with Crippen LogP contribution >= 0.6 is 0 Å². The molecule has 0 radical (unpaired) electrons. The highest BCUT2D eigenvalue weighted by Gasteiger charge is 2.41. The first-order valence-corrected chi connectivity index (χ1v) is 16.2. The normalized spacial score (nSPS) is 19.1. The second kappa shape index (κ2) is 15.0. The Kier molecular flexibility index (Phi) is 10.8. The van der Waals surface area contributed by atoms with E-state index in [0.717, 1.165) is 76.3 Å². The van der Waals surface area contributed by atoms with Crippen LogP contribution in [0.2, 0.25) is 0 Å². The number of nitrogens with one attached hydrogen (secondary N) is 1. The minimum Gasteiger partial charge on any atom is -0.385 e. The van der Waals surface area contributed by atoms with Gasteiger partial charge in [-0.25, -0.2) is 0 Å². The van der Waals surface area contributed by atoms with Crippen molar-refractivity contribution in [2.24, 2.45) is 5.73 Å². The summed E-state index contributed by atoms with van der Waals surface area (Å²) in [5.41, 5.74) is 8.02. The number of aliphatic hydroxyl groups is 1. The van der Waals surface area contributed by atoms with Crippen molar-refractivity contribution in [3.8, 4) is 0 Å². The maximum Gasteiger partial charge on any atom is 0.262 e. The van der Waals surface area contributed by atoms with E-state index in [1.165, 1.54) is 5.69 Å². The predicted octanol–water partition coefficient (Wildman–Crippen LogP) is 1.69. The van der Waals surface area contributed by atoms with Crippen LogP contribution in [0.4, 0.5) is 11.4 Å². The Bertz CT molecular complexity index is 1350. The number of amides is 3. The van der Waals surface area contributed by atoms with Crippen LogP contribution in [-0.4, -0.2) is 119 Å². The zero-order valence-electron chi connectivity index (χ0n) is 26.1. The number of aromatic nitrogens is 2. The summed E-state index contributed by atoms with van der Waals surface area (Å²) >= 11 is 0. The Morgan fingerprint density at radius 2 is 1.80 bits per heavy atom. The molecular formula is C32H46N8O5. The molecule has 1 aromatic heterocycles. The summed E-state index contributed by atoms with van der Waals surface area (Å²) in [7, 11) is 2.15. The predicted molar refractivity (Wildman–Crippen MR) is 170 cm³/mol. The lowest BCUT2D eigenvalue weighted by atomic mass is 10.0. The third kappa shape index (κ3) is 7.71. The molecule has 0 spiro atoms. The first-order chi connectivity index (χ1) is 21.8. The summed E-state index contributed by atoms with van der Waals surface area (Å²) in [6.07, 6.45) is 8.46. The highest BCUT2D eigenvalue weighted by atomic mass is 16.3. The number of rotatable bonds is 14. The van der Waals surface area contributed by atoms with Gasteiger partial charge in [-0.15, -0.1) is 0 Å². The number of piperazine rings is 1. The zero-order valence-corrected chi connectivity index (χ0v) is 26.1. The number of nitrogens with zero attached hydrogens (tertiary/aromatic N) is 6. The Balaban J connectivity index is 0.996. The van der Waals surface area contributed by atoms with E-state index in [0.29, 0.717) is 31.0 Å². The minimum absolute atomic E-state index is 0.0770. The number of imide groups is 1. The molecule has 0 aliphatic carbocycles. The van der Waals surface area contributed by atoms with E-state index in [4.69, 9.17) is 5.73 Å². The summed E-state index contributed by atoms with van der Waals surface area (Å²) in [5, 5.41) is 17.9. The van der Waals surface area contributed by atoms with Crippen LogP contribution in [-0.2, 0) is 9.59 Å². The lowest BCUT2D eigenvalue weighted by Gasteiger charge is -2.33.